The topological polar surface area (TPSA) is 23.6 Å². The summed E-state index contributed by atoms with van der Waals surface area (Å²) in [6, 6.07) is 1.03. The Morgan fingerprint density at radius 2 is 1.30 bits per heavy atom. The molecule has 0 aromatic rings. The van der Waals surface area contributed by atoms with E-state index in [1.165, 1.54) is 38.5 Å². The van der Waals surface area contributed by atoms with Crippen molar-refractivity contribution in [2.45, 2.75) is 92.2 Å². The molecule has 6 unspecified atom stereocenters. The van der Waals surface area contributed by atoms with Crippen LogP contribution in [0.5, 0.6) is 0 Å². The van der Waals surface area contributed by atoms with Gasteiger partial charge in [-0.15, -0.1) is 0 Å². The first kappa shape index (κ1) is 18.5. The second-order valence-electron chi connectivity index (χ2n) is 12.7. The molecule has 0 radical (unpaired) electrons. The highest BCUT2D eigenvalue weighted by molar-refractivity contribution is 5.80. The molecule has 3 heteroatoms. The van der Waals surface area contributed by atoms with Gasteiger partial charge in [-0.1, -0.05) is 41.5 Å². The van der Waals surface area contributed by atoms with Crippen molar-refractivity contribution >= 4 is 5.91 Å². The number of carbonyl (C=O) groups is 1. The maximum Gasteiger partial charge on any atom is 0.237 e. The number of hydrogen-bond acceptors (Lipinski definition) is 2. The third-order valence-electron chi connectivity index (χ3n) is 10.4. The number of amides is 1. The van der Waals surface area contributed by atoms with Gasteiger partial charge in [0.2, 0.25) is 5.91 Å². The van der Waals surface area contributed by atoms with Gasteiger partial charge in [0.05, 0.1) is 6.54 Å². The molecule has 27 heavy (non-hydrogen) atoms. The van der Waals surface area contributed by atoms with Gasteiger partial charge in [0.25, 0.3) is 0 Å². The molecule has 6 atom stereocenters. The fourth-order valence-electron chi connectivity index (χ4n) is 9.44. The number of hydrogen-bond donors (Lipinski definition) is 0. The lowest BCUT2D eigenvalue weighted by molar-refractivity contribution is -0.151. The number of piperazine rings is 1. The normalized spacial score (nSPS) is 50.7. The van der Waals surface area contributed by atoms with Crippen LogP contribution in [0, 0.1) is 33.5 Å². The van der Waals surface area contributed by atoms with Crippen LogP contribution < -0.4 is 0 Å². The van der Waals surface area contributed by atoms with E-state index in [0.29, 0.717) is 40.8 Å². The predicted octanol–water partition coefficient (Wildman–Crippen LogP) is 4.56. The van der Waals surface area contributed by atoms with Gasteiger partial charge < -0.3 is 4.90 Å². The van der Waals surface area contributed by atoms with Crippen LogP contribution in [-0.4, -0.2) is 47.4 Å². The van der Waals surface area contributed by atoms with Gasteiger partial charge in [-0.05, 0) is 72.0 Å². The quantitative estimate of drug-likeness (QED) is 0.709. The monoisotopic (exact) mass is 372 g/mol. The standard InChI is InChI=1S/C24H40N2O/c1-21(2)16-7-9-23(5,13-16)19(21)25-11-12-26(18(27)15-25)20-22(3,4)17-8-10-24(20,6)14-17/h16-17,19-20H,7-15H2,1-6H3. The lowest BCUT2D eigenvalue weighted by atomic mass is 9.66. The fourth-order valence-corrected chi connectivity index (χ4v) is 9.44. The van der Waals surface area contributed by atoms with E-state index < -0.39 is 0 Å². The predicted molar refractivity (Wildman–Crippen MR) is 109 cm³/mol. The molecule has 0 spiro atoms. The van der Waals surface area contributed by atoms with Crippen LogP contribution in [0.2, 0.25) is 0 Å². The van der Waals surface area contributed by atoms with Crippen molar-refractivity contribution in [3.05, 3.63) is 0 Å². The zero-order chi connectivity index (χ0) is 19.4. The minimum Gasteiger partial charge on any atom is -0.336 e. The van der Waals surface area contributed by atoms with Crippen molar-refractivity contribution in [1.29, 1.82) is 0 Å². The van der Waals surface area contributed by atoms with Crippen molar-refractivity contribution in [1.82, 2.24) is 9.80 Å². The fraction of sp³-hybridized carbons (Fsp3) is 0.958. The molecule has 152 valence electrons. The smallest absolute Gasteiger partial charge is 0.237 e. The molecule has 1 amide bonds. The van der Waals surface area contributed by atoms with E-state index in [-0.39, 0.29) is 5.41 Å². The van der Waals surface area contributed by atoms with Crippen molar-refractivity contribution < 1.29 is 4.79 Å². The molecule has 1 aliphatic heterocycles. The first-order valence-corrected chi connectivity index (χ1v) is 11.5. The molecule has 0 N–H and O–H groups in total. The second kappa shape index (κ2) is 5.32. The van der Waals surface area contributed by atoms with Gasteiger partial charge >= 0.3 is 0 Å². The van der Waals surface area contributed by atoms with Gasteiger partial charge in [0, 0.05) is 25.2 Å². The Morgan fingerprint density at radius 3 is 1.74 bits per heavy atom. The van der Waals surface area contributed by atoms with Gasteiger partial charge in [-0.25, -0.2) is 0 Å². The summed E-state index contributed by atoms with van der Waals surface area (Å²) < 4.78 is 0. The highest BCUT2D eigenvalue weighted by Gasteiger charge is 2.64. The SMILES string of the molecule is CC12CCC(C1)C(C)(C)C2N1CCN(C2C3(C)CCC(C3)C2(C)C)C(=O)C1. The summed E-state index contributed by atoms with van der Waals surface area (Å²) in [5.74, 6) is 2.07. The molecule has 5 fully saturated rings. The Balaban J connectivity index is 1.37. The minimum absolute atomic E-state index is 0.280. The third-order valence-corrected chi connectivity index (χ3v) is 10.4. The number of rotatable bonds is 2. The van der Waals surface area contributed by atoms with Crippen LogP contribution in [0.25, 0.3) is 0 Å². The number of carbonyl (C=O) groups excluding carboxylic acids is 1. The van der Waals surface area contributed by atoms with Crippen LogP contribution in [0.3, 0.4) is 0 Å². The van der Waals surface area contributed by atoms with Gasteiger partial charge in [-0.3, -0.25) is 9.69 Å². The zero-order valence-corrected chi connectivity index (χ0v) is 18.5. The summed E-state index contributed by atoms with van der Waals surface area (Å²) in [7, 11) is 0. The molecule has 0 aromatic heterocycles. The molecule has 3 nitrogen and oxygen atoms in total. The van der Waals surface area contributed by atoms with E-state index in [1.54, 1.807) is 0 Å². The first-order valence-electron chi connectivity index (χ1n) is 11.5. The van der Waals surface area contributed by atoms with Crippen LogP contribution in [-0.2, 0) is 4.79 Å². The molecule has 5 rings (SSSR count). The first-order chi connectivity index (χ1) is 12.5. The van der Waals surface area contributed by atoms with Gasteiger partial charge in [0.1, 0.15) is 0 Å². The Hall–Kier alpha value is -0.570. The minimum atomic E-state index is 0.280. The van der Waals surface area contributed by atoms with Gasteiger partial charge in [0.15, 0.2) is 0 Å². The lowest BCUT2D eigenvalue weighted by Crippen LogP contribution is -2.65. The van der Waals surface area contributed by atoms with Crippen LogP contribution in [0.4, 0.5) is 0 Å². The Bertz CT molecular complexity index is 660. The summed E-state index contributed by atoms with van der Waals surface area (Å²) in [5.41, 5.74) is 1.41. The molecule has 4 bridgehead atoms. The Morgan fingerprint density at radius 1 is 0.778 bits per heavy atom. The zero-order valence-electron chi connectivity index (χ0n) is 18.5. The van der Waals surface area contributed by atoms with Crippen molar-refractivity contribution in [3.8, 4) is 0 Å². The van der Waals surface area contributed by atoms with Crippen molar-refractivity contribution in [3.63, 3.8) is 0 Å². The maximum absolute atomic E-state index is 13.5. The summed E-state index contributed by atoms with van der Waals surface area (Å²) in [6.45, 7) is 17.5. The van der Waals surface area contributed by atoms with Crippen molar-refractivity contribution in [2.24, 2.45) is 33.5 Å². The maximum atomic E-state index is 13.5. The molecule has 4 aliphatic carbocycles. The van der Waals surface area contributed by atoms with Crippen LogP contribution >= 0.6 is 0 Å². The largest absolute Gasteiger partial charge is 0.336 e. The number of fused-ring (bicyclic) bond motifs is 4. The van der Waals surface area contributed by atoms with Crippen LogP contribution in [0.1, 0.15) is 80.1 Å². The third kappa shape index (κ3) is 2.27. The van der Waals surface area contributed by atoms with Gasteiger partial charge in [-0.2, -0.15) is 0 Å². The molecule has 4 saturated carbocycles. The van der Waals surface area contributed by atoms with Crippen LogP contribution in [0.15, 0.2) is 0 Å². The van der Waals surface area contributed by atoms with E-state index in [1.807, 2.05) is 0 Å². The molecule has 0 aromatic carbocycles. The molecule has 5 aliphatic rings. The second-order valence-corrected chi connectivity index (χ2v) is 12.7. The summed E-state index contributed by atoms with van der Waals surface area (Å²) >= 11 is 0. The molecular formula is C24H40N2O. The van der Waals surface area contributed by atoms with E-state index in [9.17, 15) is 4.79 Å². The van der Waals surface area contributed by atoms with E-state index in [0.717, 1.165) is 24.9 Å². The average Bonchev–Trinajstić information content (AvgIpc) is 3.22. The molecule has 1 heterocycles. The molecular weight excluding hydrogens is 332 g/mol. The number of nitrogens with zero attached hydrogens (tertiary/aromatic N) is 2. The summed E-state index contributed by atoms with van der Waals surface area (Å²) in [5, 5.41) is 0. The summed E-state index contributed by atoms with van der Waals surface area (Å²) in [6.07, 6.45) is 8.13. The lowest BCUT2D eigenvalue weighted by Gasteiger charge is -2.54. The average molecular weight is 373 g/mol. The van der Waals surface area contributed by atoms with Crippen molar-refractivity contribution in [2.75, 3.05) is 19.6 Å². The van der Waals surface area contributed by atoms with E-state index in [2.05, 4.69) is 51.3 Å². The molecule has 1 saturated heterocycles. The van der Waals surface area contributed by atoms with E-state index in [4.69, 9.17) is 0 Å². The highest BCUT2D eigenvalue weighted by atomic mass is 16.2. The Labute approximate surface area is 166 Å². The van der Waals surface area contributed by atoms with E-state index >= 15 is 0 Å². The highest BCUT2D eigenvalue weighted by Crippen LogP contribution is 2.65. The Kier molecular flexibility index (Phi) is 3.63. The summed E-state index contributed by atoms with van der Waals surface area (Å²) in [4.78, 5) is 18.4.